The standard InChI is InChI=1S/C21H20N4O4/c1-2-14-7-3-6-10-18(14)24-12-15(11-19(24)26)21(28)29-13-25-20(27)16-8-4-5-9-17(16)22-23-25/h3-10,15H,2,11-13H2,1H3/t15-/m1/s1. The molecule has 0 aliphatic carbocycles. The number of fused-ring (bicyclic) bond motifs is 1. The van der Waals surface area contributed by atoms with Crippen LogP contribution >= 0.6 is 0 Å². The van der Waals surface area contributed by atoms with E-state index in [1.54, 1.807) is 29.2 Å². The molecule has 3 aromatic rings. The molecule has 2 heterocycles. The normalized spacial score (nSPS) is 16.4. The number of hydrogen-bond acceptors (Lipinski definition) is 6. The van der Waals surface area contributed by atoms with Crippen LogP contribution in [0.2, 0.25) is 0 Å². The van der Waals surface area contributed by atoms with Crippen LogP contribution in [-0.4, -0.2) is 33.4 Å². The largest absolute Gasteiger partial charge is 0.442 e. The first kappa shape index (κ1) is 18.8. The van der Waals surface area contributed by atoms with Gasteiger partial charge in [0.25, 0.3) is 5.56 Å². The third kappa shape index (κ3) is 3.61. The molecule has 1 aromatic heterocycles. The lowest BCUT2D eigenvalue weighted by molar-refractivity contribution is -0.152. The van der Waals surface area contributed by atoms with Gasteiger partial charge in [0.2, 0.25) is 5.91 Å². The number of aromatic nitrogens is 3. The number of amides is 1. The predicted octanol–water partition coefficient (Wildman–Crippen LogP) is 1.91. The first-order valence-corrected chi connectivity index (χ1v) is 9.46. The third-order valence-electron chi connectivity index (χ3n) is 5.08. The van der Waals surface area contributed by atoms with Gasteiger partial charge < -0.3 is 9.64 Å². The average Bonchev–Trinajstić information content (AvgIpc) is 3.14. The molecule has 148 valence electrons. The van der Waals surface area contributed by atoms with E-state index in [4.69, 9.17) is 4.74 Å². The molecule has 1 aliphatic rings. The zero-order valence-corrected chi connectivity index (χ0v) is 15.9. The predicted molar refractivity (Wildman–Crippen MR) is 106 cm³/mol. The topological polar surface area (TPSA) is 94.4 Å². The molecule has 0 bridgehead atoms. The van der Waals surface area contributed by atoms with Crippen LogP contribution in [0, 0.1) is 5.92 Å². The molecule has 2 aromatic carbocycles. The van der Waals surface area contributed by atoms with E-state index >= 15 is 0 Å². The maximum absolute atomic E-state index is 12.5. The van der Waals surface area contributed by atoms with Gasteiger partial charge in [-0.15, -0.1) is 5.10 Å². The number of nitrogens with zero attached hydrogens (tertiary/aromatic N) is 4. The second kappa shape index (κ2) is 7.83. The maximum atomic E-state index is 12.5. The highest BCUT2D eigenvalue weighted by Crippen LogP contribution is 2.29. The van der Waals surface area contributed by atoms with Gasteiger partial charge in [0.05, 0.1) is 11.3 Å². The Morgan fingerprint density at radius 2 is 1.90 bits per heavy atom. The highest BCUT2D eigenvalue weighted by Gasteiger charge is 2.36. The van der Waals surface area contributed by atoms with Gasteiger partial charge in [-0.25, -0.2) is 0 Å². The van der Waals surface area contributed by atoms with Gasteiger partial charge in [0.1, 0.15) is 5.52 Å². The highest BCUT2D eigenvalue weighted by atomic mass is 16.5. The summed E-state index contributed by atoms with van der Waals surface area (Å²) >= 11 is 0. The summed E-state index contributed by atoms with van der Waals surface area (Å²) in [5.41, 5.74) is 1.97. The summed E-state index contributed by atoms with van der Waals surface area (Å²) in [6, 6.07) is 14.5. The number of hydrogen-bond donors (Lipinski definition) is 0. The minimum Gasteiger partial charge on any atom is -0.442 e. The molecule has 0 unspecified atom stereocenters. The van der Waals surface area contributed by atoms with E-state index in [-0.39, 0.29) is 31.2 Å². The van der Waals surface area contributed by atoms with Gasteiger partial charge in [-0.3, -0.25) is 14.4 Å². The van der Waals surface area contributed by atoms with E-state index < -0.39 is 11.9 Å². The van der Waals surface area contributed by atoms with E-state index in [2.05, 4.69) is 10.3 Å². The van der Waals surface area contributed by atoms with E-state index in [0.29, 0.717) is 10.9 Å². The molecule has 4 rings (SSSR count). The van der Waals surface area contributed by atoms with E-state index in [1.807, 2.05) is 31.2 Å². The van der Waals surface area contributed by atoms with Crippen LogP contribution in [0.5, 0.6) is 0 Å². The van der Waals surface area contributed by atoms with Crippen molar-refractivity contribution in [1.82, 2.24) is 15.0 Å². The Morgan fingerprint density at radius 3 is 2.72 bits per heavy atom. The number of carbonyl (C=O) groups is 2. The van der Waals surface area contributed by atoms with Crippen molar-refractivity contribution in [2.45, 2.75) is 26.5 Å². The number of para-hydroxylation sites is 1. The summed E-state index contributed by atoms with van der Waals surface area (Å²) in [4.78, 5) is 39.0. The molecule has 8 heteroatoms. The van der Waals surface area contributed by atoms with Crippen molar-refractivity contribution >= 4 is 28.5 Å². The number of esters is 1. The lowest BCUT2D eigenvalue weighted by Gasteiger charge is -2.19. The molecule has 1 amide bonds. The SMILES string of the molecule is CCc1ccccc1N1C[C@H](C(=O)OCn2nnc3ccccc3c2=O)CC1=O. The Hall–Kier alpha value is -3.55. The van der Waals surface area contributed by atoms with Gasteiger partial charge in [0.15, 0.2) is 6.73 Å². The van der Waals surface area contributed by atoms with Crippen molar-refractivity contribution in [2.24, 2.45) is 5.92 Å². The first-order chi connectivity index (χ1) is 14.1. The van der Waals surface area contributed by atoms with Crippen molar-refractivity contribution < 1.29 is 14.3 Å². The second-order valence-corrected chi connectivity index (χ2v) is 6.89. The van der Waals surface area contributed by atoms with Crippen LogP contribution < -0.4 is 10.5 Å². The molecule has 0 spiro atoms. The summed E-state index contributed by atoms with van der Waals surface area (Å²) < 4.78 is 6.27. The average molecular weight is 392 g/mol. The third-order valence-corrected chi connectivity index (χ3v) is 5.08. The lowest BCUT2D eigenvalue weighted by atomic mass is 10.1. The Bertz CT molecular complexity index is 1140. The lowest BCUT2D eigenvalue weighted by Crippen LogP contribution is -2.30. The Kier molecular flexibility index (Phi) is 5.07. The quantitative estimate of drug-likeness (QED) is 0.616. The Labute approximate surface area is 166 Å². The zero-order chi connectivity index (χ0) is 20.4. The molecule has 1 saturated heterocycles. The number of carbonyl (C=O) groups excluding carboxylic acids is 2. The summed E-state index contributed by atoms with van der Waals surface area (Å²) in [5.74, 6) is -1.23. The first-order valence-electron chi connectivity index (χ1n) is 9.46. The van der Waals surface area contributed by atoms with Gasteiger partial charge in [-0.2, -0.15) is 4.68 Å². The fraction of sp³-hybridized carbons (Fsp3) is 0.286. The molecule has 1 atom stereocenters. The summed E-state index contributed by atoms with van der Waals surface area (Å²) in [6.45, 7) is 1.94. The fourth-order valence-corrected chi connectivity index (χ4v) is 3.52. The van der Waals surface area contributed by atoms with E-state index in [0.717, 1.165) is 22.4 Å². The molecule has 8 nitrogen and oxygen atoms in total. The van der Waals surface area contributed by atoms with Crippen molar-refractivity contribution in [1.29, 1.82) is 0 Å². The molecule has 0 saturated carbocycles. The zero-order valence-electron chi connectivity index (χ0n) is 15.9. The molecular weight excluding hydrogens is 372 g/mol. The van der Waals surface area contributed by atoms with E-state index in [9.17, 15) is 14.4 Å². The van der Waals surface area contributed by atoms with E-state index in [1.165, 1.54) is 0 Å². The van der Waals surface area contributed by atoms with Crippen LogP contribution in [0.15, 0.2) is 53.3 Å². The molecule has 1 fully saturated rings. The fourth-order valence-electron chi connectivity index (χ4n) is 3.52. The van der Waals surface area contributed by atoms with Gasteiger partial charge in [-0.1, -0.05) is 42.5 Å². The van der Waals surface area contributed by atoms with Crippen molar-refractivity contribution in [2.75, 3.05) is 11.4 Å². The van der Waals surface area contributed by atoms with Crippen LogP contribution in [0.4, 0.5) is 5.69 Å². The Morgan fingerprint density at radius 1 is 1.14 bits per heavy atom. The summed E-state index contributed by atoms with van der Waals surface area (Å²) in [7, 11) is 0. The van der Waals surface area contributed by atoms with Gasteiger partial charge in [-0.05, 0) is 30.2 Å². The van der Waals surface area contributed by atoms with Crippen LogP contribution in [0.1, 0.15) is 18.9 Å². The minimum atomic E-state index is -0.587. The van der Waals surface area contributed by atoms with Gasteiger partial charge >= 0.3 is 5.97 Å². The number of benzene rings is 2. The van der Waals surface area contributed by atoms with Crippen molar-refractivity contribution in [3.8, 4) is 0 Å². The molecule has 0 radical (unpaired) electrons. The van der Waals surface area contributed by atoms with Gasteiger partial charge in [0, 0.05) is 18.7 Å². The van der Waals surface area contributed by atoms with Crippen LogP contribution in [-0.2, 0) is 27.5 Å². The minimum absolute atomic E-state index is 0.0786. The highest BCUT2D eigenvalue weighted by molar-refractivity contribution is 6.00. The molecular formula is C21H20N4O4. The second-order valence-electron chi connectivity index (χ2n) is 6.89. The Balaban J connectivity index is 1.45. The summed E-state index contributed by atoms with van der Waals surface area (Å²) in [5, 5.41) is 8.16. The smallest absolute Gasteiger partial charge is 0.313 e. The van der Waals surface area contributed by atoms with Crippen LogP contribution in [0.25, 0.3) is 10.9 Å². The number of aryl methyl sites for hydroxylation is 1. The maximum Gasteiger partial charge on any atom is 0.313 e. The monoisotopic (exact) mass is 392 g/mol. The molecule has 1 aliphatic heterocycles. The van der Waals surface area contributed by atoms with Crippen molar-refractivity contribution in [3.63, 3.8) is 0 Å². The summed E-state index contributed by atoms with van der Waals surface area (Å²) in [6.07, 6.45) is 0.869. The molecule has 29 heavy (non-hydrogen) atoms. The molecule has 0 N–H and O–H groups in total. The van der Waals surface area contributed by atoms with Crippen LogP contribution in [0.3, 0.4) is 0 Å². The number of ether oxygens (including phenoxy) is 1. The van der Waals surface area contributed by atoms with Crippen molar-refractivity contribution in [3.05, 3.63) is 64.4 Å². The number of rotatable bonds is 5. The number of anilines is 1.